The standard InChI is InChI=1S/C17H24N2/c1-13(17(2,3)4)10-19-11-14-5-6-16-12-18-8-7-15(16)9-14/h5-9,12-13,19H,10-11H2,1-4H3. The van der Waals surface area contributed by atoms with Gasteiger partial charge < -0.3 is 5.32 Å². The monoisotopic (exact) mass is 256 g/mol. The van der Waals surface area contributed by atoms with Gasteiger partial charge in [0.15, 0.2) is 0 Å². The lowest BCUT2D eigenvalue weighted by molar-refractivity contribution is 0.252. The third kappa shape index (κ3) is 3.77. The van der Waals surface area contributed by atoms with Crippen molar-refractivity contribution in [1.82, 2.24) is 10.3 Å². The summed E-state index contributed by atoms with van der Waals surface area (Å²) >= 11 is 0. The Kier molecular flexibility index (Phi) is 4.20. The average Bonchev–Trinajstić information content (AvgIpc) is 2.37. The second kappa shape index (κ2) is 5.70. The highest BCUT2D eigenvalue weighted by Crippen LogP contribution is 2.24. The second-order valence-corrected chi connectivity index (χ2v) is 6.46. The Balaban J connectivity index is 1.95. The Hall–Kier alpha value is -1.41. The zero-order valence-electron chi connectivity index (χ0n) is 12.4. The summed E-state index contributed by atoms with van der Waals surface area (Å²) in [6, 6.07) is 8.63. The number of nitrogens with one attached hydrogen (secondary N) is 1. The lowest BCUT2D eigenvalue weighted by Crippen LogP contribution is -2.29. The Morgan fingerprint density at radius 2 is 1.95 bits per heavy atom. The number of nitrogens with zero attached hydrogens (tertiary/aromatic N) is 1. The molecule has 0 aliphatic carbocycles. The topological polar surface area (TPSA) is 24.9 Å². The molecule has 0 aliphatic rings. The van der Waals surface area contributed by atoms with Crippen LogP contribution in [-0.2, 0) is 6.54 Å². The molecule has 0 aliphatic heterocycles. The number of hydrogen-bond donors (Lipinski definition) is 1. The Bertz CT molecular complexity index is 540. The van der Waals surface area contributed by atoms with E-state index < -0.39 is 0 Å². The van der Waals surface area contributed by atoms with Gasteiger partial charge in [-0.1, -0.05) is 39.8 Å². The van der Waals surface area contributed by atoms with E-state index in [1.807, 2.05) is 12.4 Å². The average molecular weight is 256 g/mol. The van der Waals surface area contributed by atoms with Gasteiger partial charge in [-0.3, -0.25) is 4.98 Å². The van der Waals surface area contributed by atoms with E-state index in [2.05, 4.69) is 62.3 Å². The highest BCUT2D eigenvalue weighted by atomic mass is 14.9. The molecule has 2 heteroatoms. The second-order valence-electron chi connectivity index (χ2n) is 6.46. The van der Waals surface area contributed by atoms with Crippen molar-refractivity contribution in [3.8, 4) is 0 Å². The molecule has 0 spiro atoms. The Morgan fingerprint density at radius 1 is 1.16 bits per heavy atom. The van der Waals surface area contributed by atoms with E-state index in [0.717, 1.165) is 13.1 Å². The van der Waals surface area contributed by atoms with Crippen LogP contribution in [0.1, 0.15) is 33.3 Å². The first-order valence-electron chi connectivity index (χ1n) is 7.00. The molecule has 0 saturated carbocycles. The zero-order valence-corrected chi connectivity index (χ0v) is 12.4. The SMILES string of the molecule is CC(CNCc1ccc2cnccc2c1)C(C)(C)C. The smallest absolute Gasteiger partial charge is 0.0346 e. The summed E-state index contributed by atoms with van der Waals surface area (Å²) in [6.45, 7) is 11.2. The molecule has 2 aromatic rings. The molecule has 1 heterocycles. The zero-order chi connectivity index (χ0) is 13.9. The maximum atomic E-state index is 4.14. The van der Waals surface area contributed by atoms with Gasteiger partial charge in [0, 0.05) is 24.3 Å². The van der Waals surface area contributed by atoms with Crippen molar-refractivity contribution in [2.45, 2.75) is 34.2 Å². The number of hydrogen-bond acceptors (Lipinski definition) is 2. The summed E-state index contributed by atoms with van der Waals surface area (Å²) in [6.07, 6.45) is 3.76. The van der Waals surface area contributed by atoms with Gasteiger partial charge >= 0.3 is 0 Å². The normalized spacial score (nSPS) is 13.7. The van der Waals surface area contributed by atoms with E-state index in [1.54, 1.807) is 0 Å². The maximum absolute atomic E-state index is 4.14. The fraction of sp³-hybridized carbons (Fsp3) is 0.471. The molecule has 0 amide bonds. The van der Waals surface area contributed by atoms with Crippen LogP contribution in [0.25, 0.3) is 10.8 Å². The number of aromatic nitrogens is 1. The molecule has 2 nitrogen and oxygen atoms in total. The van der Waals surface area contributed by atoms with Gasteiger partial charge in [-0.05, 0) is 41.0 Å². The number of rotatable bonds is 4. The maximum Gasteiger partial charge on any atom is 0.0346 e. The summed E-state index contributed by atoms with van der Waals surface area (Å²) in [4.78, 5) is 4.14. The van der Waals surface area contributed by atoms with Gasteiger partial charge in [-0.15, -0.1) is 0 Å². The summed E-state index contributed by atoms with van der Waals surface area (Å²) in [5.41, 5.74) is 1.70. The number of fused-ring (bicyclic) bond motifs is 1. The van der Waals surface area contributed by atoms with Crippen LogP contribution in [0.15, 0.2) is 36.7 Å². The van der Waals surface area contributed by atoms with Crippen molar-refractivity contribution in [2.24, 2.45) is 11.3 Å². The first-order chi connectivity index (χ1) is 8.97. The van der Waals surface area contributed by atoms with E-state index in [9.17, 15) is 0 Å². The van der Waals surface area contributed by atoms with Gasteiger partial charge in [0.05, 0.1) is 0 Å². The minimum Gasteiger partial charge on any atom is -0.312 e. The first-order valence-corrected chi connectivity index (χ1v) is 7.00. The molecule has 1 unspecified atom stereocenters. The lowest BCUT2D eigenvalue weighted by atomic mass is 9.82. The van der Waals surface area contributed by atoms with Crippen molar-refractivity contribution >= 4 is 10.8 Å². The summed E-state index contributed by atoms with van der Waals surface area (Å²) < 4.78 is 0. The van der Waals surface area contributed by atoms with Gasteiger partial charge in [-0.25, -0.2) is 0 Å². The van der Waals surface area contributed by atoms with Crippen LogP contribution in [0, 0.1) is 11.3 Å². The third-order valence-corrected chi connectivity index (χ3v) is 3.96. The Labute approximate surface area is 116 Å². The van der Waals surface area contributed by atoms with E-state index in [1.165, 1.54) is 16.3 Å². The minimum atomic E-state index is 0.363. The fourth-order valence-corrected chi connectivity index (χ4v) is 1.98. The predicted molar refractivity (Wildman–Crippen MR) is 82.1 cm³/mol. The molecule has 1 aromatic heterocycles. The molecule has 19 heavy (non-hydrogen) atoms. The van der Waals surface area contributed by atoms with Crippen molar-refractivity contribution in [1.29, 1.82) is 0 Å². The van der Waals surface area contributed by atoms with Crippen LogP contribution in [0.2, 0.25) is 0 Å². The summed E-state index contributed by atoms with van der Waals surface area (Å²) in [5.74, 6) is 0.664. The molecule has 2 rings (SSSR count). The summed E-state index contributed by atoms with van der Waals surface area (Å²) in [5, 5.41) is 6.02. The molecule has 0 bridgehead atoms. The van der Waals surface area contributed by atoms with Gasteiger partial charge in [-0.2, -0.15) is 0 Å². The van der Waals surface area contributed by atoms with Crippen molar-refractivity contribution < 1.29 is 0 Å². The van der Waals surface area contributed by atoms with Crippen molar-refractivity contribution in [3.05, 3.63) is 42.2 Å². The van der Waals surface area contributed by atoms with Crippen LogP contribution in [0.4, 0.5) is 0 Å². The molecular weight excluding hydrogens is 232 g/mol. The minimum absolute atomic E-state index is 0.363. The molecule has 1 N–H and O–H groups in total. The molecule has 102 valence electrons. The van der Waals surface area contributed by atoms with E-state index in [-0.39, 0.29) is 0 Å². The molecule has 1 atom stereocenters. The van der Waals surface area contributed by atoms with Gasteiger partial charge in [0.1, 0.15) is 0 Å². The van der Waals surface area contributed by atoms with E-state index in [0.29, 0.717) is 11.3 Å². The van der Waals surface area contributed by atoms with E-state index in [4.69, 9.17) is 0 Å². The van der Waals surface area contributed by atoms with Crippen LogP contribution in [0.5, 0.6) is 0 Å². The van der Waals surface area contributed by atoms with Gasteiger partial charge in [0.25, 0.3) is 0 Å². The summed E-state index contributed by atoms with van der Waals surface area (Å²) in [7, 11) is 0. The highest BCUT2D eigenvalue weighted by Gasteiger charge is 2.18. The Morgan fingerprint density at radius 3 is 2.68 bits per heavy atom. The molecule has 0 fully saturated rings. The van der Waals surface area contributed by atoms with E-state index >= 15 is 0 Å². The van der Waals surface area contributed by atoms with Crippen molar-refractivity contribution in [3.63, 3.8) is 0 Å². The largest absolute Gasteiger partial charge is 0.312 e. The molecular formula is C17H24N2. The van der Waals surface area contributed by atoms with Crippen LogP contribution in [-0.4, -0.2) is 11.5 Å². The van der Waals surface area contributed by atoms with Crippen molar-refractivity contribution in [2.75, 3.05) is 6.54 Å². The van der Waals surface area contributed by atoms with Crippen LogP contribution < -0.4 is 5.32 Å². The molecule has 0 saturated heterocycles. The molecule has 1 aromatic carbocycles. The predicted octanol–water partition coefficient (Wildman–Crippen LogP) is 4.01. The molecule has 0 radical (unpaired) electrons. The lowest BCUT2D eigenvalue weighted by Gasteiger charge is -2.27. The number of benzene rings is 1. The van der Waals surface area contributed by atoms with Gasteiger partial charge in [0.2, 0.25) is 0 Å². The number of pyridine rings is 1. The first kappa shape index (κ1) is 14.0. The quantitative estimate of drug-likeness (QED) is 0.894. The highest BCUT2D eigenvalue weighted by molar-refractivity contribution is 5.81. The van der Waals surface area contributed by atoms with Crippen LogP contribution in [0.3, 0.4) is 0 Å². The third-order valence-electron chi connectivity index (χ3n) is 3.96. The van der Waals surface area contributed by atoms with Crippen LogP contribution >= 0.6 is 0 Å². The fourth-order valence-electron chi connectivity index (χ4n) is 1.98.